The molecule has 25 heavy (non-hydrogen) atoms. The fraction of sp³-hybridized carbons (Fsp3) is 0. The highest BCUT2D eigenvalue weighted by Gasteiger charge is 2.14. The highest BCUT2D eigenvalue weighted by molar-refractivity contribution is 7.17. The molecule has 122 valence electrons. The van der Waals surface area contributed by atoms with E-state index in [2.05, 4.69) is 15.3 Å². The van der Waals surface area contributed by atoms with Crippen LogP contribution in [0.5, 0.6) is 0 Å². The zero-order valence-electron chi connectivity index (χ0n) is 12.9. The number of non-ortho nitro benzene ring substituents is 1. The first-order valence-electron chi connectivity index (χ1n) is 7.51. The molecule has 4 rings (SSSR count). The van der Waals surface area contributed by atoms with Gasteiger partial charge in [-0.05, 0) is 11.6 Å². The number of anilines is 2. The average molecular weight is 348 g/mol. The summed E-state index contributed by atoms with van der Waals surface area (Å²) in [4.78, 5) is 20.1. The number of fused-ring (bicyclic) bond motifs is 1. The van der Waals surface area contributed by atoms with Crippen molar-refractivity contribution < 1.29 is 4.92 Å². The maximum absolute atomic E-state index is 11.0. The minimum atomic E-state index is -0.416. The lowest BCUT2D eigenvalue weighted by Gasteiger charge is -2.08. The molecular weight excluding hydrogens is 336 g/mol. The smallest absolute Gasteiger partial charge is 0.271 e. The summed E-state index contributed by atoms with van der Waals surface area (Å²) in [6, 6.07) is 16.4. The predicted molar refractivity (Wildman–Crippen MR) is 99.2 cm³/mol. The molecule has 0 fully saturated rings. The van der Waals surface area contributed by atoms with Crippen LogP contribution in [0.3, 0.4) is 0 Å². The van der Waals surface area contributed by atoms with Crippen LogP contribution in [0.15, 0.2) is 66.3 Å². The Morgan fingerprint density at radius 1 is 1.04 bits per heavy atom. The van der Waals surface area contributed by atoms with Crippen molar-refractivity contribution in [2.45, 2.75) is 0 Å². The van der Waals surface area contributed by atoms with E-state index in [4.69, 9.17) is 0 Å². The summed E-state index contributed by atoms with van der Waals surface area (Å²) in [6.07, 6.45) is 1.49. The average Bonchev–Trinajstić information content (AvgIpc) is 3.08. The first-order chi connectivity index (χ1) is 12.2. The van der Waals surface area contributed by atoms with Gasteiger partial charge in [0.1, 0.15) is 17.0 Å². The molecule has 0 unspecified atom stereocenters. The first kappa shape index (κ1) is 15.2. The van der Waals surface area contributed by atoms with Gasteiger partial charge in [0.15, 0.2) is 0 Å². The van der Waals surface area contributed by atoms with Crippen LogP contribution in [0.2, 0.25) is 0 Å². The zero-order valence-corrected chi connectivity index (χ0v) is 13.7. The van der Waals surface area contributed by atoms with Gasteiger partial charge in [-0.1, -0.05) is 36.4 Å². The number of rotatable bonds is 4. The molecule has 7 heteroatoms. The van der Waals surface area contributed by atoms with Gasteiger partial charge in [-0.2, -0.15) is 0 Å². The van der Waals surface area contributed by atoms with Crippen molar-refractivity contribution in [3.63, 3.8) is 0 Å². The number of nitrogens with one attached hydrogen (secondary N) is 1. The number of aromatic nitrogens is 2. The summed E-state index contributed by atoms with van der Waals surface area (Å²) < 4.78 is 0. The number of benzene rings is 2. The summed E-state index contributed by atoms with van der Waals surface area (Å²) in [7, 11) is 0. The van der Waals surface area contributed by atoms with Gasteiger partial charge in [0.25, 0.3) is 5.69 Å². The minimum absolute atomic E-state index is 0.0314. The Morgan fingerprint density at radius 3 is 2.68 bits per heavy atom. The van der Waals surface area contributed by atoms with E-state index in [0.29, 0.717) is 11.5 Å². The molecule has 1 N–H and O–H groups in total. The van der Waals surface area contributed by atoms with Gasteiger partial charge < -0.3 is 5.32 Å². The molecule has 0 atom stereocenters. The standard InChI is InChI=1S/C18H12N4O2S/c23-22(24)14-8-4-7-13(9-14)21-17-16-15(12-5-2-1-3-6-12)10-25-18(16)20-11-19-17/h1-11H,(H,19,20,21). The van der Waals surface area contributed by atoms with Gasteiger partial charge in [-0.3, -0.25) is 10.1 Å². The molecule has 0 aliphatic heterocycles. The van der Waals surface area contributed by atoms with E-state index in [9.17, 15) is 10.1 Å². The van der Waals surface area contributed by atoms with Crippen molar-refractivity contribution in [3.05, 3.63) is 76.4 Å². The van der Waals surface area contributed by atoms with Gasteiger partial charge in [0, 0.05) is 28.8 Å². The number of nitro benzene ring substituents is 1. The highest BCUT2D eigenvalue weighted by atomic mass is 32.1. The van der Waals surface area contributed by atoms with E-state index in [1.807, 2.05) is 35.7 Å². The molecular formula is C18H12N4O2S. The number of thiophene rings is 1. The fourth-order valence-electron chi connectivity index (χ4n) is 2.63. The van der Waals surface area contributed by atoms with Gasteiger partial charge in [-0.15, -0.1) is 11.3 Å². The predicted octanol–water partition coefficient (Wildman–Crippen LogP) is 5.01. The molecule has 0 amide bonds. The zero-order chi connectivity index (χ0) is 17.2. The first-order valence-corrected chi connectivity index (χ1v) is 8.39. The van der Waals surface area contributed by atoms with E-state index in [0.717, 1.165) is 21.3 Å². The van der Waals surface area contributed by atoms with E-state index in [1.54, 1.807) is 23.5 Å². The third kappa shape index (κ3) is 2.92. The minimum Gasteiger partial charge on any atom is -0.339 e. The van der Waals surface area contributed by atoms with Crippen molar-refractivity contribution in [3.8, 4) is 11.1 Å². The molecule has 0 bridgehead atoms. The maximum atomic E-state index is 11.0. The van der Waals surface area contributed by atoms with Crippen molar-refractivity contribution in [1.29, 1.82) is 0 Å². The second-order valence-electron chi connectivity index (χ2n) is 5.35. The molecule has 0 spiro atoms. The maximum Gasteiger partial charge on any atom is 0.271 e. The molecule has 0 aliphatic rings. The van der Waals surface area contributed by atoms with Crippen molar-refractivity contribution in [1.82, 2.24) is 9.97 Å². The second kappa shape index (κ2) is 6.29. The second-order valence-corrected chi connectivity index (χ2v) is 6.21. The molecule has 2 aromatic carbocycles. The van der Waals surface area contributed by atoms with Crippen LogP contribution in [0.25, 0.3) is 21.3 Å². The molecule has 6 nitrogen and oxygen atoms in total. The molecule has 0 saturated heterocycles. The number of hydrogen-bond donors (Lipinski definition) is 1. The lowest BCUT2D eigenvalue weighted by atomic mass is 10.1. The number of nitro groups is 1. The van der Waals surface area contributed by atoms with E-state index in [1.165, 1.54) is 18.5 Å². The molecule has 0 aliphatic carbocycles. The Hall–Kier alpha value is -3.32. The third-order valence-electron chi connectivity index (χ3n) is 3.77. The fourth-order valence-corrected chi connectivity index (χ4v) is 3.55. The number of nitrogens with zero attached hydrogens (tertiary/aromatic N) is 3. The van der Waals surface area contributed by atoms with Crippen molar-refractivity contribution in [2.24, 2.45) is 0 Å². The Bertz CT molecular complexity index is 1060. The summed E-state index contributed by atoms with van der Waals surface area (Å²) in [5, 5.41) is 17.1. The van der Waals surface area contributed by atoms with Gasteiger partial charge in [0.05, 0.1) is 10.3 Å². The SMILES string of the molecule is O=[N+]([O-])c1cccc(Nc2ncnc3scc(-c4ccccc4)c23)c1. The largest absolute Gasteiger partial charge is 0.339 e. The highest BCUT2D eigenvalue weighted by Crippen LogP contribution is 2.37. The van der Waals surface area contributed by atoms with Crippen molar-refractivity contribution in [2.75, 3.05) is 5.32 Å². The van der Waals surface area contributed by atoms with Crippen LogP contribution in [-0.2, 0) is 0 Å². The van der Waals surface area contributed by atoms with Gasteiger partial charge >= 0.3 is 0 Å². The Kier molecular flexibility index (Phi) is 3.83. The summed E-state index contributed by atoms with van der Waals surface area (Å²) >= 11 is 1.54. The van der Waals surface area contributed by atoms with Crippen LogP contribution in [0, 0.1) is 10.1 Å². The third-order valence-corrected chi connectivity index (χ3v) is 4.66. The van der Waals surface area contributed by atoms with Gasteiger partial charge in [0.2, 0.25) is 0 Å². The van der Waals surface area contributed by atoms with Crippen LogP contribution in [-0.4, -0.2) is 14.9 Å². The normalized spacial score (nSPS) is 10.7. The lowest BCUT2D eigenvalue weighted by molar-refractivity contribution is -0.384. The van der Waals surface area contributed by atoms with Crippen LogP contribution in [0.1, 0.15) is 0 Å². The summed E-state index contributed by atoms with van der Waals surface area (Å²) in [5.74, 6) is 0.630. The number of hydrogen-bond acceptors (Lipinski definition) is 6. The molecule has 2 aromatic heterocycles. The Morgan fingerprint density at radius 2 is 1.88 bits per heavy atom. The Labute approximate surface area is 147 Å². The summed E-state index contributed by atoms with van der Waals surface area (Å²) in [6.45, 7) is 0. The molecule has 4 aromatic rings. The van der Waals surface area contributed by atoms with Crippen LogP contribution >= 0.6 is 11.3 Å². The van der Waals surface area contributed by atoms with E-state index >= 15 is 0 Å². The van der Waals surface area contributed by atoms with Crippen molar-refractivity contribution >= 4 is 38.7 Å². The summed E-state index contributed by atoms with van der Waals surface area (Å²) in [5.41, 5.74) is 2.75. The molecule has 0 saturated carbocycles. The molecule has 0 radical (unpaired) electrons. The lowest BCUT2D eigenvalue weighted by Crippen LogP contribution is -1.96. The van der Waals surface area contributed by atoms with E-state index < -0.39 is 4.92 Å². The van der Waals surface area contributed by atoms with Gasteiger partial charge in [-0.25, -0.2) is 9.97 Å². The quantitative estimate of drug-likeness (QED) is 0.414. The monoisotopic (exact) mass is 348 g/mol. The Balaban J connectivity index is 1.81. The van der Waals surface area contributed by atoms with Crippen LogP contribution in [0.4, 0.5) is 17.2 Å². The topological polar surface area (TPSA) is 81.0 Å². The van der Waals surface area contributed by atoms with E-state index in [-0.39, 0.29) is 5.69 Å². The molecule has 2 heterocycles. The van der Waals surface area contributed by atoms with Crippen LogP contribution < -0.4 is 5.32 Å².